The van der Waals surface area contributed by atoms with Gasteiger partial charge in [-0.15, -0.1) is 0 Å². The predicted octanol–water partition coefficient (Wildman–Crippen LogP) is 5.94. The van der Waals surface area contributed by atoms with Gasteiger partial charge in [0.1, 0.15) is 13.2 Å². The molecule has 0 N–H and O–H groups in total. The molecule has 0 bridgehead atoms. The Morgan fingerprint density at radius 1 is 0.564 bits per heavy atom. The van der Waals surface area contributed by atoms with Crippen molar-refractivity contribution in [2.45, 2.75) is 46.5 Å². The van der Waals surface area contributed by atoms with E-state index in [-0.39, 0.29) is 43.1 Å². The fourth-order valence-electron chi connectivity index (χ4n) is 3.01. The molecule has 0 aliphatic carbocycles. The van der Waals surface area contributed by atoms with Crippen LogP contribution in [0.25, 0.3) is 5.57 Å². The summed E-state index contributed by atoms with van der Waals surface area (Å²) in [7, 11) is 0. The van der Waals surface area contributed by atoms with Crippen molar-refractivity contribution in [2.24, 2.45) is 0 Å². The van der Waals surface area contributed by atoms with E-state index in [9.17, 15) is 19.2 Å². The quantitative estimate of drug-likeness (QED) is 0.0788. The second-order valence-corrected chi connectivity index (χ2v) is 9.10. The molecule has 8 heteroatoms. The summed E-state index contributed by atoms with van der Waals surface area (Å²) in [6.07, 6.45) is 2.14. The van der Waals surface area contributed by atoms with Gasteiger partial charge < -0.3 is 18.9 Å². The summed E-state index contributed by atoms with van der Waals surface area (Å²) >= 11 is 0. The molecule has 0 saturated carbocycles. The van der Waals surface area contributed by atoms with Gasteiger partial charge in [0.05, 0.1) is 24.3 Å². The lowest BCUT2D eigenvalue weighted by atomic mass is 9.98. The SMILES string of the molecule is C=C(C)C(=C)CCCOC(=O)c1cc(C(=C)CCCOC(=O)C(=C)C)cc(C(=O)OCCOC(=O)C(=C)C)c1. The normalized spacial score (nSPS) is 10.1. The monoisotopic (exact) mass is 538 g/mol. The number of carbonyl (C=O) groups is 4. The van der Waals surface area contributed by atoms with Gasteiger partial charge in [0.15, 0.2) is 0 Å². The van der Waals surface area contributed by atoms with Crippen LogP contribution < -0.4 is 0 Å². The Kier molecular flexibility index (Phi) is 14.0. The molecule has 210 valence electrons. The first-order chi connectivity index (χ1) is 18.3. The largest absolute Gasteiger partial charge is 0.462 e. The summed E-state index contributed by atoms with van der Waals surface area (Å²) in [6, 6.07) is 4.52. The smallest absolute Gasteiger partial charge is 0.338 e. The first kappa shape index (κ1) is 32.8. The molecule has 0 amide bonds. The Balaban J connectivity index is 2.94. The average Bonchev–Trinajstić information content (AvgIpc) is 2.89. The lowest BCUT2D eigenvalue weighted by Gasteiger charge is -2.13. The molecule has 39 heavy (non-hydrogen) atoms. The third kappa shape index (κ3) is 12.3. The van der Waals surface area contributed by atoms with Gasteiger partial charge >= 0.3 is 23.9 Å². The van der Waals surface area contributed by atoms with E-state index in [0.717, 1.165) is 11.1 Å². The van der Waals surface area contributed by atoms with Crippen molar-refractivity contribution < 1.29 is 38.1 Å². The van der Waals surface area contributed by atoms with E-state index < -0.39 is 23.9 Å². The van der Waals surface area contributed by atoms with Crippen LogP contribution in [0.3, 0.4) is 0 Å². The van der Waals surface area contributed by atoms with Crippen LogP contribution in [0.2, 0.25) is 0 Å². The lowest BCUT2D eigenvalue weighted by Crippen LogP contribution is -2.15. The Hall–Kier alpha value is -4.20. The molecule has 0 aliphatic heterocycles. The number of esters is 4. The zero-order valence-electron chi connectivity index (χ0n) is 23.2. The van der Waals surface area contributed by atoms with Crippen molar-refractivity contribution in [3.63, 3.8) is 0 Å². The highest BCUT2D eigenvalue weighted by Gasteiger charge is 2.17. The minimum Gasteiger partial charge on any atom is -0.462 e. The molecule has 1 rings (SSSR count). The molecular formula is C31H38O8. The molecule has 0 aromatic heterocycles. The highest BCUT2D eigenvalue weighted by molar-refractivity contribution is 5.97. The van der Waals surface area contributed by atoms with E-state index in [1.165, 1.54) is 13.0 Å². The number of hydrogen-bond acceptors (Lipinski definition) is 8. The first-order valence-corrected chi connectivity index (χ1v) is 12.5. The van der Waals surface area contributed by atoms with Crippen LogP contribution >= 0.6 is 0 Å². The van der Waals surface area contributed by atoms with E-state index in [1.807, 2.05) is 6.92 Å². The van der Waals surface area contributed by atoms with E-state index in [1.54, 1.807) is 19.1 Å². The van der Waals surface area contributed by atoms with Crippen molar-refractivity contribution in [3.8, 4) is 0 Å². The van der Waals surface area contributed by atoms with Crippen LogP contribution in [0.5, 0.6) is 0 Å². The fourth-order valence-corrected chi connectivity index (χ4v) is 3.01. The lowest BCUT2D eigenvalue weighted by molar-refractivity contribution is -0.140. The topological polar surface area (TPSA) is 105 Å². The second kappa shape index (κ2) is 16.6. The van der Waals surface area contributed by atoms with E-state index in [2.05, 4.69) is 32.9 Å². The maximum atomic E-state index is 12.8. The van der Waals surface area contributed by atoms with Gasteiger partial charge in [-0.25, -0.2) is 19.2 Å². The van der Waals surface area contributed by atoms with E-state index in [0.29, 0.717) is 42.4 Å². The molecule has 0 aliphatic rings. The summed E-state index contributed by atoms with van der Waals surface area (Å²) in [5.74, 6) is -2.38. The minimum absolute atomic E-state index is 0.108. The molecule has 0 radical (unpaired) electrons. The van der Waals surface area contributed by atoms with E-state index in [4.69, 9.17) is 18.9 Å². The first-order valence-electron chi connectivity index (χ1n) is 12.5. The van der Waals surface area contributed by atoms with Crippen molar-refractivity contribution in [1.29, 1.82) is 0 Å². The predicted molar refractivity (Wildman–Crippen MR) is 150 cm³/mol. The number of ether oxygens (including phenoxy) is 4. The maximum absolute atomic E-state index is 12.8. The van der Waals surface area contributed by atoms with Crippen molar-refractivity contribution in [2.75, 3.05) is 26.4 Å². The molecule has 1 aromatic carbocycles. The van der Waals surface area contributed by atoms with Crippen LogP contribution in [0, 0.1) is 0 Å². The third-order valence-electron chi connectivity index (χ3n) is 5.37. The summed E-state index contributed by atoms with van der Waals surface area (Å²) in [6.45, 7) is 23.8. The molecule has 0 atom stereocenters. The molecule has 1 aromatic rings. The van der Waals surface area contributed by atoms with Crippen LogP contribution in [-0.4, -0.2) is 50.3 Å². The summed E-state index contributed by atoms with van der Waals surface area (Å²) in [5, 5.41) is 0. The van der Waals surface area contributed by atoms with Gasteiger partial charge in [-0.05, 0) is 75.8 Å². The van der Waals surface area contributed by atoms with Gasteiger partial charge in [0.2, 0.25) is 0 Å². The standard InChI is InChI=1S/C31H38O8/c1-20(2)23(7)11-9-14-37-30(34)26-17-25(24(8)12-10-13-36-28(32)21(3)4)18-27(19-26)31(35)39-16-15-38-29(33)22(5)6/h17-19H,1,3,5,7-16H2,2,4,6H3. The summed E-state index contributed by atoms with van der Waals surface area (Å²) < 4.78 is 20.6. The molecule has 0 unspecified atom stereocenters. The Labute approximate surface area is 230 Å². The second-order valence-electron chi connectivity index (χ2n) is 9.10. The van der Waals surface area contributed by atoms with Crippen molar-refractivity contribution >= 4 is 29.5 Å². The summed E-state index contributed by atoms with van der Waals surface area (Å²) in [4.78, 5) is 48.6. The van der Waals surface area contributed by atoms with Gasteiger partial charge in [-0.2, -0.15) is 0 Å². The zero-order valence-corrected chi connectivity index (χ0v) is 23.2. The minimum atomic E-state index is -0.710. The van der Waals surface area contributed by atoms with Crippen molar-refractivity contribution in [1.82, 2.24) is 0 Å². The van der Waals surface area contributed by atoms with Gasteiger partial charge in [0.25, 0.3) is 0 Å². The van der Waals surface area contributed by atoms with Gasteiger partial charge in [-0.3, -0.25) is 0 Å². The number of benzene rings is 1. The molecule has 0 spiro atoms. The molecule has 8 nitrogen and oxygen atoms in total. The highest BCUT2D eigenvalue weighted by Crippen LogP contribution is 2.23. The van der Waals surface area contributed by atoms with Crippen LogP contribution in [0.1, 0.15) is 72.7 Å². The number of carbonyl (C=O) groups excluding carboxylic acids is 4. The highest BCUT2D eigenvalue weighted by atomic mass is 16.6. The molecule has 0 fully saturated rings. The average molecular weight is 539 g/mol. The van der Waals surface area contributed by atoms with Crippen LogP contribution in [-0.2, 0) is 28.5 Å². The van der Waals surface area contributed by atoms with Gasteiger partial charge in [-0.1, -0.05) is 44.0 Å². The molecular weight excluding hydrogens is 500 g/mol. The molecule has 0 saturated heterocycles. The third-order valence-corrected chi connectivity index (χ3v) is 5.37. The zero-order chi connectivity index (χ0) is 29.5. The Morgan fingerprint density at radius 2 is 0.974 bits per heavy atom. The van der Waals surface area contributed by atoms with E-state index >= 15 is 0 Å². The van der Waals surface area contributed by atoms with Crippen LogP contribution in [0.15, 0.2) is 73.4 Å². The Morgan fingerprint density at radius 3 is 1.49 bits per heavy atom. The van der Waals surface area contributed by atoms with Crippen molar-refractivity contribution in [3.05, 3.63) is 90.1 Å². The van der Waals surface area contributed by atoms with Crippen LogP contribution in [0.4, 0.5) is 0 Å². The van der Waals surface area contributed by atoms with Gasteiger partial charge in [0, 0.05) is 11.1 Å². The molecule has 0 heterocycles. The number of allylic oxidation sites excluding steroid dienone is 3. The Bertz CT molecular complexity index is 1000. The number of rotatable bonds is 17. The fraction of sp³-hybridized carbons (Fsp3) is 0.355. The maximum Gasteiger partial charge on any atom is 0.338 e. The number of hydrogen-bond donors (Lipinski definition) is 0. The summed E-state index contributed by atoms with van der Waals surface area (Å²) in [5.41, 5.74) is 3.72.